The van der Waals surface area contributed by atoms with Crippen molar-refractivity contribution in [3.8, 4) is 11.3 Å². The molecule has 1 aromatic carbocycles. The lowest BCUT2D eigenvalue weighted by molar-refractivity contribution is 0.179. The summed E-state index contributed by atoms with van der Waals surface area (Å²) < 4.78 is 15.7. The first-order chi connectivity index (χ1) is 14.0. The maximum Gasteiger partial charge on any atom is 0.255 e. The molecule has 0 spiro atoms. The van der Waals surface area contributed by atoms with E-state index in [0.717, 1.165) is 32.4 Å². The average Bonchev–Trinajstić information content (AvgIpc) is 2.73. The number of hydrogen-bond donors (Lipinski definition) is 0. The van der Waals surface area contributed by atoms with Gasteiger partial charge in [-0.2, -0.15) is 0 Å². The maximum absolute atomic E-state index is 14.2. The van der Waals surface area contributed by atoms with E-state index >= 15 is 0 Å². The molecule has 1 aliphatic rings. The number of benzene rings is 1. The second-order valence-corrected chi connectivity index (χ2v) is 7.45. The van der Waals surface area contributed by atoms with Gasteiger partial charge >= 0.3 is 0 Å². The summed E-state index contributed by atoms with van der Waals surface area (Å²) in [6, 6.07) is 13.6. The zero-order chi connectivity index (χ0) is 20.4. The number of halogens is 1. The molecule has 3 heterocycles. The van der Waals surface area contributed by atoms with Crippen LogP contribution in [-0.2, 0) is 13.6 Å². The SMILES string of the molecule is C[C@@H]1CN(c2nc(-c3ccncc3F)cc(=O)n2C)CCN1Cc1ccccc1. The van der Waals surface area contributed by atoms with Gasteiger partial charge in [0, 0.05) is 57.1 Å². The van der Waals surface area contributed by atoms with Gasteiger partial charge in [0.2, 0.25) is 5.95 Å². The number of aromatic nitrogens is 3. The van der Waals surface area contributed by atoms with E-state index < -0.39 is 5.82 Å². The summed E-state index contributed by atoms with van der Waals surface area (Å²) in [5.74, 6) is 0.0789. The number of hydrogen-bond acceptors (Lipinski definition) is 5. The molecule has 0 N–H and O–H groups in total. The Balaban J connectivity index is 1.58. The van der Waals surface area contributed by atoms with Gasteiger partial charge in [-0.25, -0.2) is 9.37 Å². The van der Waals surface area contributed by atoms with Gasteiger partial charge in [0.25, 0.3) is 5.56 Å². The average molecular weight is 393 g/mol. The fourth-order valence-corrected chi connectivity index (χ4v) is 3.76. The molecule has 0 radical (unpaired) electrons. The summed E-state index contributed by atoms with van der Waals surface area (Å²) in [5.41, 5.74) is 1.70. The first-order valence-electron chi connectivity index (χ1n) is 9.74. The molecule has 2 aromatic heterocycles. The fourth-order valence-electron chi connectivity index (χ4n) is 3.76. The van der Waals surface area contributed by atoms with E-state index in [9.17, 15) is 9.18 Å². The summed E-state index contributed by atoms with van der Waals surface area (Å²) in [7, 11) is 1.71. The minimum Gasteiger partial charge on any atom is -0.339 e. The molecule has 29 heavy (non-hydrogen) atoms. The van der Waals surface area contributed by atoms with Crippen LogP contribution in [0.5, 0.6) is 0 Å². The molecule has 1 aliphatic heterocycles. The number of piperazine rings is 1. The zero-order valence-corrected chi connectivity index (χ0v) is 16.6. The molecule has 0 unspecified atom stereocenters. The molecule has 4 rings (SSSR count). The van der Waals surface area contributed by atoms with Crippen molar-refractivity contribution in [3.63, 3.8) is 0 Å². The Kier molecular flexibility index (Phi) is 5.40. The quantitative estimate of drug-likeness (QED) is 0.682. The molecule has 0 amide bonds. The smallest absolute Gasteiger partial charge is 0.255 e. The van der Waals surface area contributed by atoms with Crippen molar-refractivity contribution >= 4 is 5.95 Å². The molecule has 3 aromatic rings. The monoisotopic (exact) mass is 393 g/mol. The van der Waals surface area contributed by atoms with E-state index in [1.165, 1.54) is 22.4 Å². The second-order valence-electron chi connectivity index (χ2n) is 7.45. The van der Waals surface area contributed by atoms with Crippen LogP contribution in [0.2, 0.25) is 0 Å². The molecule has 0 saturated carbocycles. The first kappa shape index (κ1) is 19.3. The predicted molar refractivity (Wildman–Crippen MR) is 111 cm³/mol. The summed E-state index contributed by atoms with van der Waals surface area (Å²) >= 11 is 0. The highest BCUT2D eigenvalue weighted by Crippen LogP contribution is 2.23. The van der Waals surface area contributed by atoms with Crippen molar-refractivity contribution in [3.05, 3.63) is 76.6 Å². The lowest BCUT2D eigenvalue weighted by Crippen LogP contribution is -2.52. The topological polar surface area (TPSA) is 54.3 Å². The Morgan fingerprint density at radius 2 is 1.97 bits per heavy atom. The lowest BCUT2D eigenvalue weighted by atomic mass is 10.1. The normalized spacial score (nSPS) is 17.5. The largest absolute Gasteiger partial charge is 0.339 e. The standard InChI is InChI=1S/C22H24FN5O/c1-16-14-28(11-10-27(16)15-17-6-4-3-5-7-17)22-25-20(12-21(29)26(22)2)18-8-9-24-13-19(18)23/h3-9,12-13,16H,10-11,14-15H2,1-2H3/t16-/m1/s1. The number of pyridine rings is 1. The van der Waals surface area contributed by atoms with E-state index in [0.29, 0.717) is 17.7 Å². The molecule has 0 aliphatic carbocycles. The van der Waals surface area contributed by atoms with Gasteiger partial charge < -0.3 is 4.90 Å². The van der Waals surface area contributed by atoms with Crippen LogP contribution in [0.15, 0.2) is 59.7 Å². The molecule has 7 heteroatoms. The third kappa shape index (κ3) is 4.05. The van der Waals surface area contributed by atoms with Crippen molar-refractivity contribution in [2.75, 3.05) is 24.5 Å². The first-order valence-corrected chi connectivity index (χ1v) is 9.74. The maximum atomic E-state index is 14.2. The number of rotatable bonds is 4. The zero-order valence-electron chi connectivity index (χ0n) is 16.6. The Hall–Kier alpha value is -3.06. The van der Waals surface area contributed by atoms with Gasteiger partial charge in [-0.05, 0) is 18.6 Å². The van der Waals surface area contributed by atoms with Crippen molar-refractivity contribution < 1.29 is 4.39 Å². The van der Waals surface area contributed by atoms with E-state index in [4.69, 9.17) is 0 Å². The Morgan fingerprint density at radius 3 is 2.69 bits per heavy atom. The molecule has 1 atom stereocenters. The Morgan fingerprint density at radius 1 is 1.17 bits per heavy atom. The van der Waals surface area contributed by atoms with E-state index in [2.05, 4.69) is 51.0 Å². The predicted octanol–water partition coefficient (Wildman–Crippen LogP) is 2.69. The van der Waals surface area contributed by atoms with Crippen LogP contribution in [-0.4, -0.2) is 45.1 Å². The van der Waals surface area contributed by atoms with Crippen molar-refractivity contribution in [2.24, 2.45) is 7.05 Å². The van der Waals surface area contributed by atoms with Crippen LogP contribution >= 0.6 is 0 Å². The highest BCUT2D eigenvalue weighted by Gasteiger charge is 2.26. The van der Waals surface area contributed by atoms with Crippen LogP contribution < -0.4 is 10.5 Å². The Labute approximate surface area is 169 Å². The Bertz CT molecular complexity index is 1050. The highest BCUT2D eigenvalue weighted by molar-refractivity contribution is 5.60. The van der Waals surface area contributed by atoms with Gasteiger partial charge in [0.1, 0.15) is 0 Å². The van der Waals surface area contributed by atoms with Gasteiger partial charge in [0.15, 0.2) is 5.82 Å². The molecule has 1 fully saturated rings. The van der Waals surface area contributed by atoms with Crippen molar-refractivity contribution in [1.29, 1.82) is 0 Å². The van der Waals surface area contributed by atoms with Crippen molar-refractivity contribution in [2.45, 2.75) is 19.5 Å². The summed E-state index contributed by atoms with van der Waals surface area (Å²) in [6.45, 7) is 5.43. The van der Waals surface area contributed by atoms with E-state index in [-0.39, 0.29) is 11.1 Å². The highest BCUT2D eigenvalue weighted by atomic mass is 19.1. The van der Waals surface area contributed by atoms with Crippen LogP contribution in [0.1, 0.15) is 12.5 Å². The third-order valence-corrected chi connectivity index (χ3v) is 5.44. The van der Waals surface area contributed by atoms with Crippen LogP contribution in [0, 0.1) is 5.82 Å². The van der Waals surface area contributed by atoms with Crippen molar-refractivity contribution in [1.82, 2.24) is 19.4 Å². The summed E-state index contributed by atoms with van der Waals surface area (Å²) in [5, 5.41) is 0. The molecular formula is C22H24FN5O. The van der Waals surface area contributed by atoms with Gasteiger partial charge in [-0.1, -0.05) is 30.3 Å². The van der Waals surface area contributed by atoms with Gasteiger partial charge in [-0.15, -0.1) is 0 Å². The molecule has 0 bridgehead atoms. The number of nitrogens with zero attached hydrogens (tertiary/aromatic N) is 5. The van der Waals surface area contributed by atoms with E-state index in [1.54, 1.807) is 13.1 Å². The van der Waals surface area contributed by atoms with Crippen LogP contribution in [0.4, 0.5) is 10.3 Å². The third-order valence-electron chi connectivity index (χ3n) is 5.44. The van der Waals surface area contributed by atoms with Crippen LogP contribution in [0.3, 0.4) is 0 Å². The molecular weight excluding hydrogens is 369 g/mol. The fraction of sp³-hybridized carbons (Fsp3) is 0.318. The van der Waals surface area contributed by atoms with Gasteiger partial charge in [0.05, 0.1) is 11.9 Å². The lowest BCUT2D eigenvalue weighted by Gasteiger charge is -2.40. The van der Waals surface area contributed by atoms with Crippen LogP contribution in [0.25, 0.3) is 11.3 Å². The number of anilines is 1. The summed E-state index contributed by atoms with van der Waals surface area (Å²) in [4.78, 5) is 25.5. The second kappa shape index (κ2) is 8.13. The minimum absolute atomic E-state index is 0.208. The molecule has 150 valence electrons. The molecule has 1 saturated heterocycles. The summed E-state index contributed by atoms with van der Waals surface area (Å²) in [6.07, 6.45) is 2.64. The van der Waals surface area contributed by atoms with Gasteiger partial charge in [-0.3, -0.25) is 19.2 Å². The van der Waals surface area contributed by atoms with E-state index in [1.807, 2.05) is 6.07 Å². The molecule has 6 nitrogen and oxygen atoms in total. The minimum atomic E-state index is -0.486.